The molecule has 3 saturated carbocycles. The summed E-state index contributed by atoms with van der Waals surface area (Å²) in [5, 5.41) is 22.5. The maximum atomic E-state index is 11.3. The highest BCUT2D eigenvalue weighted by molar-refractivity contribution is 5.38. The Morgan fingerprint density at radius 2 is 1.77 bits per heavy atom. The summed E-state index contributed by atoms with van der Waals surface area (Å²) in [7, 11) is 0. The van der Waals surface area contributed by atoms with Crippen molar-refractivity contribution < 1.29 is 10.2 Å². The van der Waals surface area contributed by atoms with Crippen molar-refractivity contribution in [3.63, 3.8) is 0 Å². The Bertz CT molecular complexity index is 998. The molecule has 0 amide bonds. The van der Waals surface area contributed by atoms with Gasteiger partial charge in [0.1, 0.15) is 12.5 Å². The molecule has 2 N–H and O–H groups in total. The van der Waals surface area contributed by atoms with E-state index >= 15 is 0 Å². The van der Waals surface area contributed by atoms with Crippen molar-refractivity contribution in [2.24, 2.45) is 40.9 Å². The molecular weight excluding hydrogens is 478 g/mol. The standard InChI is InChI=1S/C36H55NO2/c1-4-11-25(24(2)3)22-23-36(32-16-9-7-12-28(32)29-13-8-10-17-33(29)36)26-18-20-27(21-19-26)37-34(38)30-14-5-6-15-31(30)35(37)39/h5,7,11-12,14,24,26-29,32-35,38-39H,4,6,8-10,13,15-23H2,1-3H3/b25-11+. The van der Waals surface area contributed by atoms with E-state index in [0.29, 0.717) is 17.4 Å². The topological polar surface area (TPSA) is 43.7 Å². The van der Waals surface area contributed by atoms with E-state index < -0.39 is 12.5 Å². The Morgan fingerprint density at radius 1 is 0.974 bits per heavy atom. The van der Waals surface area contributed by atoms with Crippen molar-refractivity contribution >= 4 is 0 Å². The van der Waals surface area contributed by atoms with Gasteiger partial charge in [0.25, 0.3) is 0 Å². The van der Waals surface area contributed by atoms with Gasteiger partial charge in [-0.15, -0.1) is 0 Å². The van der Waals surface area contributed by atoms with Crippen molar-refractivity contribution in [3.8, 4) is 0 Å². The third-order valence-electron chi connectivity index (χ3n) is 12.5. The van der Waals surface area contributed by atoms with Gasteiger partial charge in [0.2, 0.25) is 0 Å². The van der Waals surface area contributed by atoms with E-state index in [1.165, 1.54) is 64.2 Å². The molecule has 0 aromatic rings. The minimum absolute atomic E-state index is 0.291. The molecule has 6 rings (SSSR count). The van der Waals surface area contributed by atoms with Crippen LogP contribution in [0.25, 0.3) is 0 Å². The number of nitrogens with zero attached hydrogens (tertiary/aromatic N) is 1. The van der Waals surface area contributed by atoms with Crippen molar-refractivity contribution in [2.45, 2.75) is 136 Å². The highest BCUT2D eigenvalue weighted by Gasteiger charge is 2.62. The fraction of sp³-hybridized carbons (Fsp3) is 0.778. The second-order valence-corrected chi connectivity index (χ2v) is 14.3. The van der Waals surface area contributed by atoms with Crippen LogP contribution in [-0.2, 0) is 0 Å². The number of hydrogen-bond donors (Lipinski definition) is 2. The van der Waals surface area contributed by atoms with Gasteiger partial charge in [-0.25, -0.2) is 4.90 Å². The summed E-state index contributed by atoms with van der Waals surface area (Å²) in [6.07, 6.45) is 29.7. The average Bonchev–Trinajstić information content (AvgIpc) is 3.40. The predicted molar refractivity (Wildman–Crippen MR) is 161 cm³/mol. The van der Waals surface area contributed by atoms with Crippen LogP contribution >= 0.6 is 0 Å². The Kier molecular flexibility index (Phi) is 8.33. The molecule has 0 aromatic heterocycles. The van der Waals surface area contributed by atoms with Gasteiger partial charge in [0.15, 0.2) is 0 Å². The van der Waals surface area contributed by atoms with Crippen LogP contribution in [0.4, 0.5) is 0 Å². The molecule has 216 valence electrons. The van der Waals surface area contributed by atoms with Crippen LogP contribution in [0.1, 0.15) is 117 Å². The smallest absolute Gasteiger partial charge is 0.136 e. The average molecular weight is 534 g/mol. The molecule has 3 nitrogen and oxygen atoms in total. The maximum absolute atomic E-state index is 11.3. The van der Waals surface area contributed by atoms with Gasteiger partial charge in [0, 0.05) is 6.04 Å². The Morgan fingerprint density at radius 3 is 2.51 bits per heavy atom. The Balaban J connectivity index is 1.26. The molecule has 1 aliphatic heterocycles. The summed E-state index contributed by atoms with van der Waals surface area (Å²) < 4.78 is 0. The number of aliphatic hydroxyl groups is 2. The van der Waals surface area contributed by atoms with Gasteiger partial charge in [-0.1, -0.05) is 69.6 Å². The molecule has 0 aromatic carbocycles. The first kappa shape index (κ1) is 28.0. The summed E-state index contributed by atoms with van der Waals surface area (Å²) in [5.74, 6) is 4.89. The van der Waals surface area contributed by atoms with E-state index in [9.17, 15) is 10.2 Å². The lowest BCUT2D eigenvalue weighted by atomic mass is 9.54. The van der Waals surface area contributed by atoms with Crippen molar-refractivity contribution in [2.75, 3.05) is 0 Å². The summed E-state index contributed by atoms with van der Waals surface area (Å²) in [6, 6.07) is 0.291. The molecule has 39 heavy (non-hydrogen) atoms. The third-order valence-corrected chi connectivity index (χ3v) is 12.5. The molecule has 3 fully saturated rings. The van der Waals surface area contributed by atoms with E-state index in [-0.39, 0.29) is 0 Å². The minimum atomic E-state index is -0.628. The summed E-state index contributed by atoms with van der Waals surface area (Å²) >= 11 is 0. The fourth-order valence-corrected chi connectivity index (χ4v) is 10.9. The Labute approximate surface area is 238 Å². The van der Waals surface area contributed by atoms with E-state index in [1.54, 1.807) is 5.57 Å². The molecule has 0 spiro atoms. The summed E-state index contributed by atoms with van der Waals surface area (Å²) in [5.41, 5.74) is 4.22. The number of rotatable bonds is 7. The first-order valence-electron chi connectivity index (χ1n) is 16.9. The highest BCUT2D eigenvalue weighted by Crippen LogP contribution is 2.68. The molecule has 0 radical (unpaired) electrons. The second kappa shape index (κ2) is 11.6. The van der Waals surface area contributed by atoms with Crippen LogP contribution in [0.5, 0.6) is 0 Å². The SMILES string of the molecule is CC/C=C(\CCC1(C2CCC(N3C(O)C4=C(CCC=C4)C3O)CC2)C2CCC=CC2C2CCCCC21)C(C)C. The predicted octanol–water partition coefficient (Wildman–Crippen LogP) is 8.31. The number of aliphatic hydroxyl groups excluding tert-OH is 2. The zero-order valence-corrected chi connectivity index (χ0v) is 25.0. The van der Waals surface area contributed by atoms with Gasteiger partial charge < -0.3 is 10.2 Å². The second-order valence-electron chi connectivity index (χ2n) is 14.3. The van der Waals surface area contributed by atoms with E-state index in [1.807, 2.05) is 0 Å². The fourth-order valence-electron chi connectivity index (χ4n) is 10.9. The number of allylic oxidation sites excluding steroid dienone is 5. The number of hydrogen-bond acceptors (Lipinski definition) is 3. The van der Waals surface area contributed by atoms with Crippen LogP contribution in [0.2, 0.25) is 0 Å². The molecule has 3 heteroatoms. The molecule has 5 aliphatic carbocycles. The molecule has 0 saturated heterocycles. The van der Waals surface area contributed by atoms with Gasteiger partial charge >= 0.3 is 0 Å². The van der Waals surface area contributed by atoms with Crippen LogP contribution in [0.15, 0.2) is 47.1 Å². The molecule has 7 unspecified atom stereocenters. The third kappa shape index (κ3) is 4.77. The number of fused-ring (bicyclic) bond motifs is 3. The monoisotopic (exact) mass is 533 g/mol. The molecule has 6 aliphatic rings. The lowest BCUT2D eigenvalue weighted by Gasteiger charge is -2.52. The Hall–Kier alpha value is -1.16. The van der Waals surface area contributed by atoms with Gasteiger partial charge in [-0.2, -0.15) is 0 Å². The van der Waals surface area contributed by atoms with Crippen LogP contribution in [0, 0.1) is 40.9 Å². The largest absolute Gasteiger partial charge is 0.374 e. The molecule has 7 atom stereocenters. The lowest BCUT2D eigenvalue weighted by molar-refractivity contribution is -0.0948. The van der Waals surface area contributed by atoms with E-state index in [4.69, 9.17) is 0 Å². The van der Waals surface area contributed by atoms with Crippen molar-refractivity contribution in [3.05, 3.63) is 47.1 Å². The summed E-state index contributed by atoms with van der Waals surface area (Å²) in [6.45, 7) is 7.11. The van der Waals surface area contributed by atoms with E-state index in [0.717, 1.165) is 72.8 Å². The van der Waals surface area contributed by atoms with Gasteiger partial charge in [-0.05, 0) is 136 Å². The van der Waals surface area contributed by atoms with Crippen LogP contribution in [-0.4, -0.2) is 33.6 Å². The van der Waals surface area contributed by atoms with Crippen molar-refractivity contribution in [1.29, 1.82) is 0 Å². The van der Waals surface area contributed by atoms with Crippen LogP contribution in [0.3, 0.4) is 0 Å². The van der Waals surface area contributed by atoms with E-state index in [2.05, 4.69) is 56.1 Å². The first-order valence-corrected chi connectivity index (χ1v) is 16.9. The zero-order chi connectivity index (χ0) is 27.1. The lowest BCUT2D eigenvalue weighted by Crippen LogP contribution is -2.50. The molecule has 0 bridgehead atoms. The molecule has 1 heterocycles. The molecular formula is C36H55NO2. The zero-order valence-electron chi connectivity index (χ0n) is 25.0. The maximum Gasteiger partial charge on any atom is 0.136 e. The minimum Gasteiger partial charge on any atom is -0.374 e. The van der Waals surface area contributed by atoms with Gasteiger partial charge in [0.05, 0.1) is 0 Å². The quantitative estimate of drug-likeness (QED) is 0.323. The van der Waals surface area contributed by atoms with Gasteiger partial charge in [-0.3, -0.25) is 0 Å². The summed E-state index contributed by atoms with van der Waals surface area (Å²) in [4.78, 5) is 2.08. The van der Waals surface area contributed by atoms with Crippen molar-refractivity contribution in [1.82, 2.24) is 4.90 Å². The normalized spacial score (nSPS) is 42.7. The highest BCUT2D eigenvalue weighted by atomic mass is 16.3. The van der Waals surface area contributed by atoms with Crippen LogP contribution < -0.4 is 0 Å². The first-order chi connectivity index (χ1) is 19.0.